The Morgan fingerprint density at radius 1 is 1.14 bits per heavy atom. The lowest BCUT2D eigenvalue weighted by molar-refractivity contribution is -0.138. The third-order valence-corrected chi connectivity index (χ3v) is 4.04. The summed E-state index contributed by atoms with van der Waals surface area (Å²) >= 11 is 3.33. The molecule has 2 aromatic rings. The Morgan fingerprint density at radius 2 is 1.90 bits per heavy atom. The van der Waals surface area contributed by atoms with Gasteiger partial charge in [-0.3, -0.25) is 9.69 Å². The van der Waals surface area contributed by atoms with Crippen LogP contribution in [0.15, 0.2) is 53.0 Å². The zero-order chi connectivity index (χ0) is 15.0. The van der Waals surface area contributed by atoms with Crippen LogP contribution in [0.5, 0.6) is 0 Å². The van der Waals surface area contributed by atoms with Gasteiger partial charge in [-0.05, 0) is 29.8 Å². The van der Waals surface area contributed by atoms with Crippen molar-refractivity contribution in [2.24, 2.45) is 0 Å². The lowest BCUT2D eigenvalue weighted by Crippen LogP contribution is -2.42. The molecule has 106 valence electrons. The molecular formula is C16H12BrNO3. The number of carboxylic acids is 1. The summed E-state index contributed by atoms with van der Waals surface area (Å²) in [6, 6.07) is 13.4. The number of nitrogens with zero attached hydrogens (tertiary/aromatic N) is 1. The molecule has 0 saturated carbocycles. The maximum absolute atomic E-state index is 12.7. The molecule has 1 aliphatic rings. The summed E-state index contributed by atoms with van der Waals surface area (Å²) in [5.74, 6) is -1.29. The monoisotopic (exact) mass is 345 g/mol. The minimum atomic E-state index is -0.991. The van der Waals surface area contributed by atoms with E-state index >= 15 is 0 Å². The molecule has 1 heterocycles. The fourth-order valence-corrected chi connectivity index (χ4v) is 2.99. The molecule has 2 aromatic carbocycles. The molecule has 1 amide bonds. The van der Waals surface area contributed by atoms with Gasteiger partial charge in [0, 0.05) is 22.1 Å². The van der Waals surface area contributed by atoms with Crippen molar-refractivity contribution in [3.63, 3.8) is 0 Å². The lowest BCUT2D eigenvalue weighted by atomic mass is 10.1. The molecule has 0 bridgehead atoms. The quantitative estimate of drug-likeness (QED) is 0.909. The summed E-state index contributed by atoms with van der Waals surface area (Å²) in [6.07, 6.45) is 0.339. The first kappa shape index (κ1) is 13.8. The summed E-state index contributed by atoms with van der Waals surface area (Å²) in [4.78, 5) is 25.6. The number of carbonyl (C=O) groups excluding carboxylic acids is 1. The number of hydrogen-bond donors (Lipinski definition) is 1. The minimum Gasteiger partial charge on any atom is -0.480 e. The molecule has 0 spiro atoms. The van der Waals surface area contributed by atoms with Gasteiger partial charge in [-0.1, -0.05) is 40.2 Å². The maximum atomic E-state index is 12.7. The zero-order valence-electron chi connectivity index (χ0n) is 11.0. The van der Waals surface area contributed by atoms with Crippen molar-refractivity contribution < 1.29 is 14.7 Å². The van der Waals surface area contributed by atoms with Crippen LogP contribution in [-0.2, 0) is 11.2 Å². The molecule has 0 fully saturated rings. The molecule has 0 radical (unpaired) electrons. The average Bonchev–Trinajstić information content (AvgIpc) is 2.86. The van der Waals surface area contributed by atoms with Crippen LogP contribution in [0.1, 0.15) is 15.9 Å². The summed E-state index contributed by atoms with van der Waals surface area (Å²) in [7, 11) is 0. The molecule has 0 aliphatic carbocycles. The highest BCUT2D eigenvalue weighted by Crippen LogP contribution is 2.33. The second-order valence-corrected chi connectivity index (χ2v) is 5.79. The van der Waals surface area contributed by atoms with E-state index in [1.807, 2.05) is 24.3 Å². The van der Waals surface area contributed by atoms with Gasteiger partial charge in [0.2, 0.25) is 0 Å². The second-order valence-electron chi connectivity index (χ2n) is 4.87. The Bertz CT molecular complexity index is 729. The van der Waals surface area contributed by atoms with E-state index in [0.717, 1.165) is 10.0 Å². The van der Waals surface area contributed by atoms with Gasteiger partial charge in [0.05, 0.1) is 0 Å². The number of halogens is 1. The predicted molar refractivity (Wildman–Crippen MR) is 82.5 cm³/mol. The predicted octanol–water partition coefficient (Wildman–Crippen LogP) is 3.11. The number of hydrogen-bond acceptors (Lipinski definition) is 2. The van der Waals surface area contributed by atoms with Crippen molar-refractivity contribution >= 4 is 33.5 Å². The zero-order valence-corrected chi connectivity index (χ0v) is 12.6. The molecule has 0 aromatic heterocycles. The van der Waals surface area contributed by atoms with Crippen molar-refractivity contribution in [1.29, 1.82) is 0 Å². The van der Waals surface area contributed by atoms with Crippen LogP contribution in [0.25, 0.3) is 0 Å². The third-order valence-electron chi connectivity index (χ3n) is 3.55. The first-order chi connectivity index (χ1) is 10.1. The van der Waals surface area contributed by atoms with E-state index in [9.17, 15) is 14.7 Å². The molecule has 21 heavy (non-hydrogen) atoms. The fraction of sp³-hybridized carbons (Fsp3) is 0.125. The van der Waals surface area contributed by atoms with Crippen LogP contribution in [-0.4, -0.2) is 23.0 Å². The summed E-state index contributed by atoms with van der Waals surface area (Å²) in [5, 5.41) is 9.40. The first-order valence-corrected chi connectivity index (χ1v) is 7.27. The lowest BCUT2D eigenvalue weighted by Gasteiger charge is -2.22. The molecule has 1 N–H and O–H groups in total. The number of para-hydroxylation sites is 1. The van der Waals surface area contributed by atoms with E-state index in [4.69, 9.17) is 0 Å². The van der Waals surface area contributed by atoms with E-state index in [1.165, 1.54) is 4.90 Å². The Kier molecular flexibility index (Phi) is 3.51. The molecule has 3 rings (SSSR count). The van der Waals surface area contributed by atoms with Crippen LogP contribution in [0.4, 0.5) is 5.69 Å². The largest absolute Gasteiger partial charge is 0.480 e. The Morgan fingerprint density at radius 3 is 2.62 bits per heavy atom. The number of carbonyl (C=O) groups is 2. The van der Waals surface area contributed by atoms with Crippen LogP contribution in [0.2, 0.25) is 0 Å². The SMILES string of the molecule is O=C(O)C1Cc2ccccc2N1C(=O)c1cccc(Br)c1. The van der Waals surface area contributed by atoms with Gasteiger partial charge in [-0.2, -0.15) is 0 Å². The van der Waals surface area contributed by atoms with E-state index in [0.29, 0.717) is 17.7 Å². The summed E-state index contributed by atoms with van der Waals surface area (Å²) < 4.78 is 0.785. The molecule has 4 nitrogen and oxygen atoms in total. The number of anilines is 1. The number of amides is 1. The Labute approximate surface area is 130 Å². The molecule has 5 heteroatoms. The van der Waals surface area contributed by atoms with Gasteiger partial charge in [0.15, 0.2) is 0 Å². The Hall–Kier alpha value is -2.14. The van der Waals surface area contributed by atoms with Crippen LogP contribution < -0.4 is 4.90 Å². The Balaban J connectivity index is 2.05. The van der Waals surface area contributed by atoms with Crippen molar-refractivity contribution in [2.75, 3.05) is 4.90 Å². The standard InChI is InChI=1S/C16H12BrNO3/c17-12-6-3-5-11(8-12)15(19)18-13-7-2-1-4-10(13)9-14(18)16(20)21/h1-8,14H,9H2,(H,20,21). The topological polar surface area (TPSA) is 57.6 Å². The molecule has 1 unspecified atom stereocenters. The average molecular weight is 346 g/mol. The molecule has 1 atom stereocenters. The van der Waals surface area contributed by atoms with Crippen LogP contribution in [0, 0.1) is 0 Å². The van der Waals surface area contributed by atoms with Gasteiger partial charge in [0.25, 0.3) is 5.91 Å². The highest BCUT2D eigenvalue weighted by molar-refractivity contribution is 9.10. The van der Waals surface area contributed by atoms with Crippen molar-refractivity contribution in [2.45, 2.75) is 12.5 Å². The van der Waals surface area contributed by atoms with Gasteiger partial charge in [-0.25, -0.2) is 4.79 Å². The van der Waals surface area contributed by atoms with E-state index in [1.54, 1.807) is 24.3 Å². The van der Waals surface area contributed by atoms with Gasteiger partial charge >= 0.3 is 5.97 Å². The van der Waals surface area contributed by atoms with Crippen molar-refractivity contribution in [3.05, 3.63) is 64.1 Å². The number of carboxylic acid groups (broad SMARTS) is 1. The second kappa shape index (κ2) is 5.33. The van der Waals surface area contributed by atoms with Crippen molar-refractivity contribution in [1.82, 2.24) is 0 Å². The van der Waals surface area contributed by atoms with Crippen molar-refractivity contribution in [3.8, 4) is 0 Å². The van der Waals surface area contributed by atoms with Crippen LogP contribution >= 0.6 is 15.9 Å². The highest BCUT2D eigenvalue weighted by atomic mass is 79.9. The summed E-state index contributed by atoms with van der Waals surface area (Å²) in [5.41, 5.74) is 2.02. The van der Waals surface area contributed by atoms with E-state index in [2.05, 4.69) is 15.9 Å². The highest BCUT2D eigenvalue weighted by Gasteiger charge is 2.38. The molecule has 1 aliphatic heterocycles. The summed E-state index contributed by atoms with van der Waals surface area (Å²) in [6.45, 7) is 0. The molecular weight excluding hydrogens is 334 g/mol. The van der Waals surface area contributed by atoms with Gasteiger partial charge < -0.3 is 5.11 Å². The third kappa shape index (κ3) is 2.45. The number of benzene rings is 2. The van der Waals surface area contributed by atoms with Gasteiger partial charge in [0.1, 0.15) is 6.04 Å². The number of aliphatic carboxylic acids is 1. The minimum absolute atomic E-state index is 0.298. The fourth-order valence-electron chi connectivity index (χ4n) is 2.60. The van der Waals surface area contributed by atoms with Gasteiger partial charge in [-0.15, -0.1) is 0 Å². The molecule has 0 saturated heterocycles. The van der Waals surface area contributed by atoms with E-state index < -0.39 is 12.0 Å². The number of fused-ring (bicyclic) bond motifs is 1. The smallest absolute Gasteiger partial charge is 0.327 e. The normalized spacial score (nSPS) is 16.6. The van der Waals surface area contributed by atoms with Crippen LogP contribution in [0.3, 0.4) is 0 Å². The maximum Gasteiger partial charge on any atom is 0.327 e. The number of rotatable bonds is 2. The first-order valence-electron chi connectivity index (χ1n) is 6.48. The van der Waals surface area contributed by atoms with E-state index in [-0.39, 0.29) is 5.91 Å².